The number of nitrogens with zero attached hydrogens (tertiary/aromatic N) is 2. The highest BCUT2D eigenvalue weighted by Gasteiger charge is 2.36. The smallest absolute Gasteiger partial charge is 0.389 e. The Labute approximate surface area is 196 Å². The number of hydrogen-bond donors (Lipinski definition) is 1. The zero-order chi connectivity index (χ0) is 24.2. The molecule has 11 heteroatoms. The minimum absolute atomic E-state index is 0.205. The van der Waals surface area contributed by atoms with Crippen LogP contribution in [0.1, 0.15) is 12.8 Å². The predicted octanol–water partition coefficient (Wildman–Crippen LogP) is 5.20. The monoisotopic (exact) mass is 500 g/mol. The number of fused-ring (bicyclic) bond motifs is 1. The normalized spacial score (nSPS) is 19.4. The van der Waals surface area contributed by atoms with Crippen molar-refractivity contribution in [1.29, 1.82) is 0 Å². The molecule has 0 aromatic heterocycles. The maximum atomic E-state index is 13.4. The molecule has 0 radical (unpaired) electrons. The number of carboxylic acids is 1. The number of thioether (sulfide) groups is 1. The van der Waals surface area contributed by atoms with Crippen LogP contribution in [0.5, 0.6) is 5.75 Å². The topological polar surface area (TPSA) is 70.1 Å². The van der Waals surface area contributed by atoms with E-state index in [0.717, 1.165) is 18.0 Å². The molecule has 33 heavy (non-hydrogen) atoms. The molecule has 1 aliphatic heterocycles. The van der Waals surface area contributed by atoms with Crippen LogP contribution in [-0.2, 0) is 15.8 Å². The number of likely N-dealkylation sites (N-methyl/N-ethyl adjacent to an activating group) is 1. The SMILES string of the molecule is CSc1cc2c(cc1O/C=C/C(=O)O)S(=O)N(C)C(CCC(F)(F)F)CN2c1ccccc1. The Morgan fingerprint density at radius 2 is 2.00 bits per heavy atom. The fraction of sp³-hybridized carbons (Fsp3) is 0.318. The highest BCUT2D eigenvalue weighted by molar-refractivity contribution is 7.98. The lowest BCUT2D eigenvalue weighted by Crippen LogP contribution is -2.39. The summed E-state index contributed by atoms with van der Waals surface area (Å²) < 4.78 is 59.3. The standard InChI is InChI=1S/C22H23F3N2O4S2/c1-26-16(8-10-22(23,24)25)14-27(15-6-4-3-5-7-15)17-12-19(32-2)18(13-20(17)33(26)30)31-11-9-21(28)29/h3-7,9,11-13,16H,8,10,14H2,1-2H3,(H,28,29)/b11-9+. The number of carboxylic acid groups (broad SMARTS) is 1. The Bertz CT molecular complexity index is 1050. The number of carbonyl (C=O) groups is 1. The molecule has 1 aliphatic rings. The maximum absolute atomic E-state index is 13.4. The second-order valence-corrected chi connectivity index (χ2v) is 9.64. The quantitative estimate of drug-likeness (QED) is 0.320. The van der Waals surface area contributed by atoms with Gasteiger partial charge in [0.1, 0.15) is 16.7 Å². The van der Waals surface area contributed by atoms with Crippen molar-refractivity contribution < 1.29 is 32.0 Å². The van der Waals surface area contributed by atoms with E-state index in [1.54, 1.807) is 19.2 Å². The van der Waals surface area contributed by atoms with Gasteiger partial charge in [-0.25, -0.2) is 13.3 Å². The van der Waals surface area contributed by atoms with E-state index in [1.807, 2.05) is 41.5 Å². The van der Waals surface area contributed by atoms with Crippen LogP contribution in [0.4, 0.5) is 24.5 Å². The molecule has 0 bridgehead atoms. The highest BCUT2D eigenvalue weighted by atomic mass is 32.2. The first-order valence-electron chi connectivity index (χ1n) is 9.93. The Morgan fingerprint density at radius 1 is 1.30 bits per heavy atom. The van der Waals surface area contributed by atoms with E-state index in [0.29, 0.717) is 21.2 Å². The summed E-state index contributed by atoms with van der Waals surface area (Å²) >= 11 is 1.35. The Kier molecular flexibility index (Phi) is 8.09. The van der Waals surface area contributed by atoms with E-state index >= 15 is 0 Å². The van der Waals surface area contributed by atoms with E-state index < -0.39 is 35.6 Å². The molecule has 0 aliphatic carbocycles. The van der Waals surface area contributed by atoms with E-state index in [-0.39, 0.29) is 13.0 Å². The summed E-state index contributed by atoms with van der Waals surface area (Å²) in [6, 6.07) is 11.9. The summed E-state index contributed by atoms with van der Waals surface area (Å²) in [5, 5.41) is 8.81. The lowest BCUT2D eigenvalue weighted by molar-refractivity contribution is -0.137. The van der Waals surface area contributed by atoms with Crippen molar-refractivity contribution in [2.45, 2.75) is 34.9 Å². The Hall–Kier alpha value is -2.50. The fourth-order valence-corrected chi connectivity index (χ4v) is 5.32. The average Bonchev–Trinajstić information content (AvgIpc) is 2.87. The summed E-state index contributed by atoms with van der Waals surface area (Å²) in [6.07, 6.45) is -1.83. The molecule has 2 atom stereocenters. The molecule has 2 unspecified atom stereocenters. The molecule has 6 nitrogen and oxygen atoms in total. The first kappa shape index (κ1) is 25.1. The molecule has 2 aromatic rings. The summed E-state index contributed by atoms with van der Waals surface area (Å²) in [6.45, 7) is 0.211. The van der Waals surface area contributed by atoms with Gasteiger partial charge in [-0.2, -0.15) is 13.2 Å². The summed E-state index contributed by atoms with van der Waals surface area (Å²) in [7, 11) is -0.226. The molecule has 0 saturated carbocycles. The molecule has 2 aromatic carbocycles. The zero-order valence-corrected chi connectivity index (χ0v) is 19.5. The Morgan fingerprint density at radius 3 is 2.61 bits per heavy atom. The number of anilines is 2. The average molecular weight is 501 g/mol. The molecule has 0 fully saturated rings. The minimum atomic E-state index is -4.32. The van der Waals surface area contributed by atoms with Crippen LogP contribution in [0.2, 0.25) is 0 Å². The largest absolute Gasteiger partial charge is 0.478 e. The molecular formula is C22H23F3N2O4S2. The fourth-order valence-electron chi connectivity index (χ4n) is 3.47. The zero-order valence-electron chi connectivity index (χ0n) is 17.9. The van der Waals surface area contributed by atoms with Crippen LogP contribution in [0.15, 0.2) is 64.6 Å². The van der Waals surface area contributed by atoms with Gasteiger partial charge >= 0.3 is 12.1 Å². The van der Waals surface area contributed by atoms with Crippen LogP contribution in [-0.4, -0.2) is 51.7 Å². The predicted molar refractivity (Wildman–Crippen MR) is 122 cm³/mol. The summed E-state index contributed by atoms with van der Waals surface area (Å²) in [5.41, 5.74) is 1.36. The third-order valence-corrected chi connectivity index (χ3v) is 7.41. The number of rotatable bonds is 7. The number of alkyl halides is 3. The lowest BCUT2D eigenvalue weighted by Gasteiger charge is -2.30. The number of ether oxygens (including phenoxy) is 1. The molecule has 0 saturated heterocycles. The lowest BCUT2D eigenvalue weighted by atomic mass is 10.1. The van der Waals surface area contributed by atoms with Gasteiger partial charge in [-0.3, -0.25) is 0 Å². The summed E-state index contributed by atoms with van der Waals surface area (Å²) in [5.74, 6) is -0.871. The maximum Gasteiger partial charge on any atom is 0.389 e. The van der Waals surface area contributed by atoms with Gasteiger partial charge in [0.15, 0.2) is 0 Å². The van der Waals surface area contributed by atoms with Crippen LogP contribution in [0, 0.1) is 0 Å². The third kappa shape index (κ3) is 6.30. The van der Waals surface area contributed by atoms with Crippen LogP contribution in [0.25, 0.3) is 0 Å². The molecule has 1 N–H and O–H groups in total. The minimum Gasteiger partial charge on any atom is -0.478 e. The van der Waals surface area contributed by atoms with Crippen molar-refractivity contribution in [2.75, 3.05) is 24.7 Å². The van der Waals surface area contributed by atoms with E-state index in [1.165, 1.54) is 16.1 Å². The van der Waals surface area contributed by atoms with Crippen LogP contribution >= 0.6 is 11.8 Å². The van der Waals surface area contributed by atoms with E-state index in [9.17, 15) is 22.2 Å². The van der Waals surface area contributed by atoms with Gasteiger partial charge < -0.3 is 14.7 Å². The second kappa shape index (κ2) is 10.6. The molecule has 0 amide bonds. The van der Waals surface area contributed by atoms with Crippen molar-refractivity contribution in [1.82, 2.24) is 4.31 Å². The summed E-state index contributed by atoms with van der Waals surface area (Å²) in [4.78, 5) is 13.7. The van der Waals surface area contributed by atoms with Crippen molar-refractivity contribution in [3.63, 3.8) is 0 Å². The van der Waals surface area contributed by atoms with Gasteiger partial charge in [0, 0.05) is 37.8 Å². The molecule has 3 rings (SSSR count). The van der Waals surface area contributed by atoms with Crippen molar-refractivity contribution >= 4 is 40.1 Å². The van der Waals surface area contributed by atoms with E-state index in [4.69, 9.17) is 9.84 Å². The van der Waals surface area contributed by atoms with Crippen molar-refractivity contribution in [3.8, 4) is 5.75 Å². The number of benzene rings is 2. The van der Waals surface area contributed by atoms with Gasteiger partial charge in [-0.1, -0.05) is 18.2 Å². The Balaban J connectivity index is 2.10. The number of aliphatic carboxylic acids is 1. The molecule has 178 valence electrons. The first-order chi connectivity index (χ1) is 15.6. The molecular weight excluding hydrogens is 477 g/mol. The van der Waals surface area contributed by atoms with Crippen molar-refractivity contribution in [3.05, 3.63) is 54.8 Å². The number of halogens is 3. The van der Waals surface area contributed by atoms with Crippen LogP contribution < -0.4 is 9.64 Å². The van der Waals surface area contributed by atoms with Gasteiger partial charge in [0.2, 0.25) is 0 Å². The van der Waals surface area contributed by atoms with Gasteiger partial charge in [-0.15, -0.1) is 11.8 Å². The first-order valence-corrected chi connectivity index (χ1v) is 12.3. The number of para-hydroxylation sites is 1. The highest BCUT2D eigenvalue weighted by Crippen LogP contribution is 2.42. The molecule has 1 heterocycles. The third-order valence-electron chi connectivity index (χ3n) is 5.13. The second-order valence-electron chi connectivity index (χ2n) is 7.28. The van der Waals surface area contributed by atoms with Crippen LogP contribution in [0.3, 0.4) is 0 Å². The van der Waals surface area contributed by atoms with Gasteiger partial charge in [0.25, 0.3) is 0 Å². The van der Waals surface area contributed by atoms with Gasteiger partial charge in [0.05, 0.1) is 27.8 Å². The molecule has 0 spiro atoms. The number of hydrogen-bond acceptors (Lipinski definition) is 5. The van der Waals surface area contributed by atoms with Crippen molar-refractivity contribution in [2.24, 2.45) is 0 Å². The van der Waals surface area contributed by atoms with E-state index in [2.05, 4.69) is 0 Å². The van der Waals surface area contributed by atoms with Gasteiger partial charge in [-0.05, 0) is 30.9 Å².